The summed E-state index contributed by atoms with van der Waals surface area (Å²) in [5, 5.41) is 5.33. The molecule has 0 radical (unpaired) electrons. The highest BCUT2D eigenvalue weighted by atomic mass is 79.9. The van der Waals surface area contributed by atoms with Crippen LogP contribution in [-0.4, -0.2) is 23.0 Å². The van der Waals surface area contributed by atoms with Crippen molar-refractivity contribution < 1.29 is 14.3 Å². The van der Waals surface area contributed by atoms with Gasteiger partial charge in [0.2, 0.25) is 0 Å². The van der Waals surface area contributed by atoms with Crippen LogP contribution < -0.4 is 4.74 Å². The second kappa shape index (κ2) is 7.84. The lowest BCUT2D eigenvalue weighted by Gasteiger charge is -2.37. The molecule has 2 bridgehead atoms. The van der Waals surface area contributed by atoms with Gasteiger partial charge in [-0.15, -0.1) is 0 Å². The number of benzene rings is 2. The molecule has 0 aromatic heterocycles. The molecule has 2 aromatic carbocycles. The summed E-state index contributed by atoms with van der Waals surface area (Å²) in [5.41, 5.74) is 1.89. The van der Waals surface area contributed by atoms with Crippen LogP contribution in [0.2, 0.25) is 0 Å². The van der Waals surface area contributed by atoms with Crippen LogP contribution in [0.5, 0.6) is 5.75 Å². The average molecular weight is 465 g/mol. The molecule has 4 aliphatic rings. The summed E-state index contributed by atoms with van der Waals surface area (Å²) in [4.78, 5) is 25.6. The number of carbonyl (C=O) groups excluding carboxylic acids is 2. The van der Waals surface area contributed by atoms with Crippen molar-refractivity contribution in [2.75, 3.05) is 0 Å². The highest BCUT2D eigenvalue weighted by Gasteiger charge is 2.56. The summed E-state index contributed by atoms with van der Waals surface area (Å²) in [5.74, 6) is 0.333. The van der Waals surface area contributed by atoms with Gasteiger partial charge < -0.3 is 4.74 Å². The Bertz CT molecular complexity index is 997. The number of fused-ring (bicyclic) bond motifs is 1. The smallest absolute Gasteiger partial charge is 0.254 e. The van der Waals surface area contributed by atoms with E-state index >= 15 is 0 Å². The van der Waals surface area contributed by atoms with Crippen molar-refractivity contribution in [3.63, 3.8) is 0 Å². The number of halogens is 1. The maximum Gasteiger partial charge on any atom is 0.254 e. The van der Waals surface area contributed by atoms with Crippen LogP contribution >= 0.6 is 15.9 Å². The van der Waals surface area contributed by atoms with Crippen LogP contribution in [0.3, 0.4) is 0 Å². The van der Waals surface area contributed by atoms with E-state index in [1.165, 1.54) is 0 Å². The summed E-state index contributed by atoms with van der Waals surface area (Å²) in [6.45, 7) is 0.483. The summed E-state index contributed by atoms with van der Waals surface area (Å²) in [6, 6.07) is 15.4. The first-order chi connectivity index (χ1) is 14.6. The van der Waals surface area contributed by atoms with Crippen molar-refractivity contribution in [1.82, 2.24) is 5.01 Å². The number of carbonyl (C=O) groups is 2. The molecule has 6 rings (SSSR count). The Balaban J connectivity index is 1.23. The van der Waals surface area contributed by atoms with Crippen molar-refractivity contribution in [3.8, 4) is 5.75 Å². The highest BCUT2D eigenvalue weighted by Crippen LogP contribution is 2.49. The first-order valence-corrected chi connectivity index (χ1v) is 11.0. The minimum absolute atomic E-state index is 0.158. The van der Waals surface area contributed by atoms with Crippen LogP contribution in [0.25, 0.3) is 0 Å². The Morgan fingerprint density at radius 1 is 0.933 bits per heavy atom. The number of rotatable bonds is 5. The van der Waals surface area contributed by atoms with Gasteiger partial charge in [0.1, 0.15) is 12.4 Å². The van der Waals surface area contributed by atoms with Gasteiger partial charge in [-0.2, -0.15) is 10.1 Å². The highest BCUT2D eigenvalue weighted by molar-refractivity contribution is 9.10. The van der Waals surface area contributed by atoms with Crippen LogP contribution in [-0.2, 0) is 16.2 Å². The molecule has 0 spiro atoms. The Labute approximate surface area is 183 Å². The van der Waals surface area contributed by atoms with E-state index in [-0.39, 0.29) is 35.5 Å². The molecule has 152 valence electrons. The monoisotopic (exact) mass is 464 g/mol. The molecule has 3 aliphatic carbocycles. The molecule has 1 heterocycles. The zero-order valence-corrected chi connectivity index (χ0v) is 17.9. The first-order valence-electron chi connectivity index (χ1n) is 10.2. The number of ether oxygens (including phenoxy) is 1. The Kier molecular flexibility index (Phi) is 5.03. The Morgan fingerprint density at radius 2 is 1.53 bits per heavy atom. The molecule has 4 unspecified atom stereocenters. The topological polar surface area (TPSA) is 59.0 Å². The van der Waals surface area contributed by atoms with E-state index in [1.54, 1.807) is 6.21 Å². The quantitative estimate of drug-likeness (QED) is 0.370. The van der Waals surface area contributed by atoms with E-state index in [2.05, 4.69) is 33.2 Å². The molecule has 2 amide bonds. The SMILES string of the molecule is O=C1C2C3C=CC(CC3)C2C(=O)N1N=Cc1ccc(OCc2ccc(Br)cc2)cc1. The normalized spacial score (nSPS) is 27.2. The zero-order chi connectivity index (χ0) is 20.7. The Hall–Kier alpha value is -2.73. The van der Waals surface area contributed by atoms with Crippen molar-refractivity contribution in [1.29, 1.82) is 0 Å². The predicted molar refractivity (Wildman–Crippen MR) is 117 cm³/mol. The predicted octanol–water partition coefficient (Wildman–Crippen LogP) is 4.56. The van der Waals surface area contributed by atoms with Crippen LogP contribution in [0.15, 0.2) is 70.3 Å². The van der Waals surface area contributed by atoms with Gasteiger partial charge in [0, 0.05) is 4.47 Å². The number of hydrazone groups is 1. The van der Waals surface area contributed by atoms with Crippen LogP contribution in [0.4, 0.5) is 0 Å². The number of allylic oxidation sites excluding steroid dienone is 2. The third-order valence-electron chi connectivity index (χ3n) is 6.26. The minimum Gasteiger partial charge on any atom is -0.489 e. The molecule has 30 heavy (non-hydrogen) atoms. The second-order valence-electron chi connectivity index (χ2n) is 8.06. The van der Waals surface area contributed by atoms with E-state index in [0.29, 0.717) is 6.61 Å². The molecular weight excluding hydrogens is 444 g/mol. The molecule has 2 fully saturated rings. The molecule has 1 saturated heterocycles. The summed E-state index contributed by atoms with van der Waals surface area (Å²) >= 11 is 3.42. The third-order valence-corrected chi connectivity index (χ3v) is 6.79. The maximum atomic E-state index is 12.8. The van der Waals surface area contributed by atoms with E-state index in [9.17, 15) is 9.59 Å². The van der Waals surface area contributed by atoms with Crippen LogP contribution in [0, 0.1) is 23.7 Å². The number of amides is 2. The third kappa shape index (κ3) is 3.49. The molecule has 2 aromatic rings. The molecule has 1 aliphatic heterocycles. The number of hydrogen-bond donors (Lipinski definition) is 0. The van der Waals surface area contributed by atoms with Gasteiger partial charge in [-0.1, -0.05) is 40.2 Å². The fourth-order valence-electron chi connectivity index (χ4n) is 4.69. The molecule has 5 nitrogen and oxygen atoms in total. The lowest BCUT2D eigenvalue weighted by molar-refractivity contribution is -0.140. The molecule has 0 N–H and O–H groups in total. The van der Waals surface area contributed by atoms with E-state index in [1.807, 2.05) is 48.5 Å². The first kappa shape index (κ1) is 19.2. The van der Waals surface area contributed by atoms with Crippen molar-refractivity contribution >= 4 is 34.0 Å². The summed E-state index contributed by atoms with van der Waals surface area (Å²) in [6.07, 6.45) is 7.77. The summed E-state index contributed by atoms with van der Waals surface area (Å²) in [7, 11) is 0. The second-order valence-corrected chi connectivity index (χ2v) is 8.97. The average Bonchev–Trinajstić information content (AvgIpc) is 3.05. The molecule has 1 saturated carbocycles. The fourth-order valence-corrected chi connectivity index (χ4v) is 4.96. The zero-order valence-electron chi connectivity index (χ0n) is 16.3. The Morgan fingerprint density at radius 3 is 2.10 bits per heavy atom. The lowest BCUT2D eigenvalue weighted by Crippen LogP contribution is -2.38. The minimum atomic E-state index is -0.229. The van der Waals surface area contributed by atoms with Gasteiger partial charge >= 0.3 is 0 Å². The van der Waals surface area contributed by atoms with E-state index < -0.39 is 0 Å². The standard InChI is InChI=1S/C24H21BrN2O3/c25-19-9-1-16(2-10-19)14-30-20-11-3-15(4-12-20)13-26-27-23(28)21-17-5-6-18(8-7-17)22(21)24(27)29/h1-6,9-13,17-18,21-22H,7-8,14H2. The fraction of sp³-hybridized carbons (Fsp3) is 0.292. The van der Waals surface area contributed by atoms with E-state index in [0.717, 1.165) is 39.2 Å². The van der Waals surface area contributed by atoms with Gasteiger partial charge in [-0.3, -0.25) is 9.59 Å². The number of nitrogens with zero attached hydrogens (tertiary/aromatic N) is 2. The van der Waals surface area contributed by atoms with Gasteiger partial charge in [0.25, 0.3) is 11.8 Å². The largest absolute Gasteiger partial charge is 0.489 e. The van der Waals surface area contributed by atoms with Gasteiger partial charge in [0.05, 0.1) is 18.1 Å². The molecule has 4 atom stereocenters. The molecule has 6 heteroatoms. The molecular formula is C24H21BrN2O3. The lowest BCUT2D eigenvalue weighted by atomic mass is 9.63. The van der Waals surface area contributed by atoms with Gasteiger partial charge in [0.15, 0.2) is 0 Å². The van der Waals surface area contributed by atoms with Crippen molar-refractivity contribution in [2.45, 2.75) is 19.4 Å². The van der Waals surface area contributed by atoms with Crippen molar-refractivity contribution in [2.24, 2.45) is 28.8 Å². The van der Waals surface area contributed by atoms with Gasteiger partial charge in [-0.05, 0) is 72.2 Å². The number of imide groups is 1. The van der Waals surface area contributed by atoms with Crippen LogP contribution in [0.1, 0.15) is 24.0 Å². The van der Waals surface area contributed by atoms with E-state index in [4.69, 9.17) is 4.74 Å². The van der Waals surface area contributed by atoms with Crippen molar-refractivity contribution in [3.05, 3.63) is 76.3 Å². The summed E-state index contributed by atoms with van der Waals surface area (Å²) < 4.78 is 6.84. The van der Waals surface area contributed by atoms with Gasteiger partial charge in [-0.25, -0.2) is 0 Å². The number of hydrogen-bond acceptors (Lipinski definition) is 4. The maximum absolute atomic E-state index is 12.8.